The maximum Gasteiger partial charge on any atom is 0.262 e. The SMILES string of the molecule is COc1ccc(-n2cc(C(=O)NC3CCCCC3C)c3ccccc3c2=O)cc1. The van der Waals surface area contributed by atoms with Gasteiger partial charge in [-0.3, -0.25) is 14.2 Å². The van der Waals surface area contributed by atoms with Crippen LogP contribution in [0.1, 0.15) is 43.0 Å². The van der Waals surface area contributed by atoms with E-state index in [1.54, 1.807) is 36.1 Å². The van der Waals surface area contributed by atoms with Gasteiger partial charge in [0.25, 0.3) is 11.5 Å². The Balaban J connectivity index is 1.79. The van der Waals surface area contributed by atoms with Crippen molar-refractivity contribution < 1.29 is 9.53 Å². The van der Waals surface area contributed by atoms with E-state index in [9.17, 15) is 9.59 Å². The molecule has 1 aromatic heterocycles. The minimum absolute atomic E-state index is 0.123. The van der Waals surface area contributed by atoms with Crippen LogP contribution in [0.5, 0.6) is 5.75 Å². The maximum atomic E-state index is 13.2. The molecule has 1 saturated carbocycles. The molecular weight excluding hydrogens is 364 g/mol. The minimum Gasteiger partial charge on any atom is -0.497 e. The third-order valence-electron chi connectivity index (χ3n) is 5.95. The van der Waals surface area contributed by atoms with Crippen molar-refractivity contribution >= 4 is 16.7 Å². The molecule has 3 aromatic rings. The number of pyridine rings is 1. The highest BCUT2D eigenvalue weighted by Gasteiger charge is 2.24. The van der Waals surface area contributed by atoms with Crippen LogP contribution in [0.25, 0.3) is 16.5 Å². The molecule has 1 N–H and O–H groups in total. The number of methoxy groups -OCH3 is 1. The summed E-state index contributed by atoms with van der Waals surface area (Å²) in [4.78, 5) is 26.3. The number of nitrogens with zero attached hydrogens (tertiary/aromatic N) is 1. The highest BCUT2D eigenvalue weighted by molar-refractivity contribution is 6.06. The fourth-order valence-electron chi connectivity index (χ4n) is 4.18. The first-order valence-electron chi connectivity index (χ1n) is 10.2. The normalized spacial score (nSPS) is 19.1. The fourth-order valence-corrected chi connectivity index (χ4v) is 4.18. The van der Waals surface area contributed by atoms with Crippen molar-refractivity contribution in [3.05, 3.63) is 70.6 Å². The van der Waals surface area contributed by atoms with Crippen LogP contribution in [0, 0.1) is 5.92 Å². The van der Waals surface area contributed by atoms with E-state index in [0.29, 0.717) is 33.7 Å². The van der Waals surface area contributed by atoms with Crippen LogP contribution >= 0.6 is 0 Å². The predicted molar refractivity (Wildman–Crippen MR) is 115 cm³/mol. The molecule has 0 saturated heterocycles. The Bertz CT molecular complexity index is 1090. The first-order chi connectivity index (χ1) is 14.1. The molecule has 0 bridgehead atoms. The molecule has 29 heavy (non-hydrogen) atoms. The standard InChI is InChI=1S/C24H26N2O3/c1-16-7-3-6-10-22(16)25-23(27)21-15-26(17-11-13-18(29-2)14-12-17)24(28)20-9-5-4-8-19(20)21/h4-5,8-9,11-16,22H,3,6-7,10H2,1-2H3,(H,25,27). The quantitative estimate of drug-likeness (QED) is 0.722. The van der Waals surface area contributed by atoms with E-state index >= 15 is 0 Å². The highest BCUT2D eigenvalue weighted by Crippen LogP contribution is 2.25. The van der Waals surface area contributed by atoms with E-state index in [-0.39, 0.29) is 17.5 Å². The summed E-state index contributed by atoms with van der Waals surface area (Å²) in [6.07, 6.45) is 6.16. The number of fused-ring (bicyclic) bond motifs is 1. The first-order valence-corrected chi connectivity index (χ1v) is 10.2. The zero-order chi connectivity index (χ0) is 20.4. The van der Waals surface area contributed by atoms with Gasteiger partial charge < -0.3 is 10.1 Å². The molecule has 2 aromatic carbocycles. The Hall–Kier alpha value is -3.08. The smallest absolute Gasteiger partial charge is 0.262 e. The highest BCUT2D eigenvalue weighted by atomic mass is 16.5. The number of ether oxygens (including phenoxy) is 1. The minimum atomic E-state index is -0.145. The number of carbonyl (C=O) groups is 1. The van der Waals surface area contributed by atoms with Crippen LogP contribution in [-0.4, -0.2) is 23.6 Å². The topological polar surface area (TPSA) is 60.3 Å². The molecule has 4 rings (SSSR count). The Morgan fingerprint density at radius 1 is 1.03 bits per heavy atom. The Morgan fingerprint density at radius 2 is 1.72 bits per heavy atom. The Kier molecular flexibility index (Phi) is 5.38. The van der Waals surface area contributed by atoms with Crippen molar-refractivity contribution in [2.45, 2.75) is 38.6 Å². The molecule has 1 fully saturated rings. The number of aromatic nitrogens is 1. The van der Waals surface area contributed by atoms with Crippen LogP contribution in [0.3, 0.4) is 0 Å². The molecule has 2 unspecified atom stereocenters. The monoisotopic (exact) mass is 390 g/mol. The summed E-state index contributed by atoms with van der Waals surface area (Å²) in [6.45, 7) is 2.19. The van der Waals surface area contributed by atoms with Gasteiger partial charge in [-0.05, 0) is 49.1 Å². The van der Waals surface area contributed by atoms with Crippen molar-refractivity contribution in [2.24, 2.45) is 5.92 Å². The number of benzene rings is 2. The van der Waals surface area contributed by atoms with E-state index in [2.05, 4.69) is 12.2 Å². The van der Waals surface area contributed by atoms with E-state index in [1.807, 2.05) is 30.3 Å². The molecule has 1 aliphatic rings. The Labute approximate surface area is 170 Å². The van der Waals surface area contributed by atoms with Gasteiger partial charge in [-0.15, -0.1) is 0 Å². The van der Waals surface area contributed by atoms with Gasteiger partial charge in [-0.2, -0.15) is 0 Å². The molecule has 5 heteroatoms. The summed E-state index contributed by atoms with van der Waals surface area (Å²) >= 11 is 0. The summed E-state index contributed by atoms with van der Waals surface area (Å²) in [6, 6.07) is 14.7. The summed E-state index contributed by atoms with van der Waals surface area (Å²) < 4.78 is 6.75. The lowest BCUT2D eigenvalue weighted by molar-refractivity contribution is 0.0911. The van der Waals surface area contributed by atoms with Gasteiger partial charge >= 0.3 is 0 Å². The van der Waals surface area contributed by atoms with Crippen molar-refractivity contribution in [1.82, 2.24) is 9.88 Å². The zero-order valence-corrected chi connectivity index (χ0v) is 16.9. The molecule has 0 aliphatic heterocycles. The van der Waals surface area contributed by atoms with Crippen LogP contribution in [-0.2, 0) is 0 Å². The number of hydrogen-bond acceptors (Lipinski definition) is 3. The predicted octanol–water partition coefficient (Wildman–Crippen LogP) is 4.31. The lowest BCUT2D eigenvalue weighted by Crippen LogP contribution is -2.41. The third-order valence-corrected chi connectivity index (χ3v) is 5.95. The van der Waals surface area contributed by atoms with Gasteiger partial charge in [0.1, 0.15) is 5.75 Å². The summed E-state index contributed by atoms with van der Waals surface area (Å²) in [5.41, 5.74) is 1.07. The molecule has 0 spiro atoms. The van der Waals surface area contributed by atoms with E-state index < -0.39 is 0 Å². The first kappa shape index (κ1) is 19.2. The van der Waals surface area contributed by atoms with Gasteiger partial charge in [0, 0.05) is 28.7 Å². The van der Waals surface area contributed by atoms with E-state index in [0.717, 1.165) is 19.3 Å². The second-order valence-corrected chi connectivity index (χ2v) is 7.80. The molecule has 5 nitrogen and oxygen atoms in total. The van der Waals surface area contributed by atoms with Gasteiger partial charge in [0.15, 0.2) is 0 Å². The maximum absolute atomic E-state index is 13.2. The number of rotatable bonds is 4. The van der Waals surface area contributed by atoms with Crippen molar-refractivity contribution in [1.29, 1.82) is 0 Å². The average molecular weight is 390 g/mol. The van der Waals surface area contributed by atoms with Crippen molar-refractivity contribution in [2.75, 3.05) is 7.11 Å². The average Bonchev–Trinajstić information content (AvgIpc) is 2.76. The molecule has 1 amide bonds. The van der Waals surface area contributed by atoms with Gasteiger partial charge in [0.05, 0.1) is 12.7 Å². The number of nitrogens with one attached hydrogen (secondary N) is 1. The van der Waals surface area contributed by atoms with Crippen LogP contribution in [0.4, 0.5) is 0 Å². The molecule has 1 aliphatic carbocycles. The van der Waals surface area contributed by atoms with E-state index in [1.165, 1.54) is 6.42 Å². The van der Waals surface area contributed by atoms with Gasteiger partial charge in [-0.1, -0.05) is 38.0 Å². The molecule has 0 radical (unpaired) electrons. The van der Waals surface area contributed by atoms with Crippen molar-refractivity contribution in [3.8, 4) is 11.4 Å². The number of hydrogen-bond donors (Lipinski definition) is 1. The molecule has 1 heterocycles. The molecule has 2 atom stereocenters. The second-order valence-electron chi connectivity index (χ2n) is 7.80. The summed E-state index contributed by atoms with van der Waals surface area (Å²) in [5.74, 6) is 1.06. The summed E-state index contributed by atoms with van der Waals surface area (Å²) in [7, 11) is 1.60. The van der Waals surface area contributed by atoms with Crippen LogP contribution < -0.4 is 15.6 Å². The van der Waals surface area contributed by atoms with Gasteiger partial charge in [0.2, 0.25) is 0 Å². The van der Waals surface area contributed by atoms with E-state index in [4.69, 9.17) is 4.74 Å². The lowest BCUT2D eigenvalue weighted by Gasteiger charge is -2.29. The third kappa shape index (κ3) is 3.77. The molecular formula is C24H26N2O3. The largest absolute Gasteiger partial charge is 0.497 e. The van der Waals surface area contributed by atoms with Crippen LogP contribution in [0.15, 0.2) is 59.5 Å². The van der Waals surface area contributed by atoms with Gasteiger partial charge in [-0.25, -0.2) is 0 Å². The zero-order valence-electron chi connectivity index (χ0n) is 16.9. The lowest BCUT2D eigenvalue weighted by atomic mass is 9.86. The number of amides is 1. The summed E-state index contributed by atoms with van der Waals surface area (Å²) in [5, 5.41) is 4.44. The second kappa shape index (κ2) is 8.11. The van der Waals surface area contributed by atoms with Crippen molar-refractivity contribution in [3.63, 3.8) is 0 Å². The van der Waals surface area contributed by atoms with Crippen LogP contribution in [0.2, 0.25) is 0 Å². The Morgan fingerprint density at radius 3 is 2.41 bits per heavy atom. The number of carbonyl (C=O) groups excluding carboxylic acids is 1. The fraction of sp³-hybridized carbons (Fsp3) is 0.333. The molecule has 150 valence electrons.